The van der Waals surface area contributed by atoms with Crippen LogP contribution in [0.15, 0.2) is 77.4 Å². The summed E-state index contributed by atoms with van der Waals surface area (Å²) in [5, 5.41) is 5.68. The van der Waals surface area contributed by atoms with E-state index in [4.69, 9.17) is 21.4 Å². The third-order valence-corrected chi connectivity index (χ3v) is 3.54. The fourth-order valence-electron chi connectivity index (χ4n) is 2.11. The zero-order valence-corrected chi connectivity index (χ0v) is 14.1. The number of ether oxygens (including phenoxy) is 1. The molecule has 2 N–H and O–H groups in total. The zero-order chi connectivity index (χ0) is 17.5. The fraction of sp³-hybridized carbons (Fsp3) is 0.0526. The van der Waals surface area contributed by atoms with Crippen LogP contribution in [0.4, 0.5) is 5.69 Å². The van der Waals surface area contributed by atoms with Crippen LogP contribution in [0.2, 0.25) is 0 Å². The summed E-state index contributed by atoms with van der Waals surface area (Å²) in [6, 6.07) is 20.5. The average molecular weight is 352 g/mol. The van der Waals surface area contributed by atoms with Crippen LogP contribution in [0.25, 0.3) is 0 Å². The Labute approximate surface area is 150 Å². The zero-order valence-electron chi connectivity index (χ0n) is 13.3. The van der Waals surface area contributed by atoms with E-state index in [1.165, 1.54) is 6.26 Å². The normalized spacial score (nSPS) is 10.1. The first-order chi connectivity index (χ1) is 12.2. The lowest BCUT2D eigenvalue weighted by atomic mass is 10.2. The van der Waals surface area contributed by atoms with Crippen molar-refractivity contribution in [1.29, 1.82) is 0 Å². The molecule has 0 aliphatic heterocycles. The van der Waals surface area contributed by atoms with Crippen molar-refractivity contribution in [2.45, 2.75) is 6.61 Å². The molecular formula is C19H16N2O3S. The van der Waals surface area contributed by atoms with Crippen LogP contribution in [-0.2, 0) is 6.61 Å². The molecule has 5 nitrogen and oxygen atoms in total. The molecule has 3 rings (SSSR count). The first-order valence-electron chi connectivity index (χ1n) is 7.63. The van der Waals surface area contributed by atoms with E-state index in [1.54, 1.807) is 12.1 Å². The molecule has 0 radical (unpaired) electrons. The molecule has 1 amide bonds. The van der Waals surface area contributed by atoms with Crippen LogP contribution in [-0.4, -0.2) is 11.0 Å². The largest absolute Gasteiger partial charge is 0.489 e. The summed E-state index contributed by atoms with van der Waals surface area (Å²) in [4.78, 5) is 11.8. The number of thiocarbonyl (C=S) groups is 1. The van der Waals surface area contributed by atoms with Crippen LogP contribution in [0.5, 0.6) is 5.75 Å². The lowest BCUT2D eigenvalue weighted by Crippen LogP contribution is -2.33. The van der Waals surface area contributed by atoms with Crippen LogP contribution in [0.3, 0.4) is 0 Å². The Hall–Kier alpha value is -3.12. The first-order valence-corrected chi connectivity index (χ1v) is 8.04. The number of benzene rings is 2. The number of furan rings is 1. The van der Waals surface area contributed by atoms with Gasteiger partial charge in [0.05, 0.1) is 6.26 Å². The molecule has 0 aliphatic rings. The summed E-state index contributed by atoms with van der Waals surface area (Å²) in [5.74, 6) is 0.555. The van der Waals surface area contributed by atoms with Gasteiger partial charge in [0, 0.05) is 5.69 Å². The van der Waals surface area contributed by atoms with E-state index in [9.17, 15) is 4.79 Å². The molecule has 6 heteroatoms. The van der Waals surface area contributed by atoms with E-state index in [-0.39, 0.29) is 10.9 Å². The molecule has 1 aromatic heterocycles. The smallest absolute Gasteiger partial charge is 0.293 e. The number of rotatable bonds is 5. The number of carbonyl (C=O) groups is 1. The van der Waals surface area contributed by atoms with Crippen molar-refractivity contribution in [3.05, 3.63) is 84.3 Å². The molecule has 0 atom stereocenters. The molecule has 25 heavy (non-hydrogen) atoms. The molecule has 0 saturated heterocycles. The molecule has 3 aromatic rings. The van der Waals surface area contributed by atoms with Crippen molar-refractivity contribution in [1.82, 2.24) is 5.32 Å². The predicted molar refractivity (Wildman–Crippen MR) is 99.6 cm³/mol. The summed E-state index contributed by atoms with van der Waals surface area (Å²) in [6.45, 7) is 0.505. The van der Waals surface area contributed by atoms with Gasteiger partial charge in [0.25, 0.3) is 5.91 Å². The second-order valence-electron chi connectivity index (χ2n) is 5.18. The number of anilines is 1. The van der Waals surface area contributed by atoms with Crippen molar-refractivity contribution in [3.8, 4) is 5.75 Å². The highest BCUT2D eigenvalue weighted by molar-refractivity contribution is 7.80. The molecule has 0 fully saturated rings. The molecule has 126 valence electrons. The number of amides is 1. The monoisotopic (exact) mass is 352 g/mol. The number of carbonyl (C=O) groups excluding carboxylic acids is 1. The maximum Gasteiger partial charge on any atom is 0.293 e. The highest BCUT2D eigenvalue weighted by atomic mass is 32.1. The Kier molecular flexibility index (Phi) is 5.43. The predicted octanol–water partition coefficient (Wildman–Crippen LogP) is 3.99. The van der Waals surface area contributed by atoms with Crippen LogP contribution >= 0.6 is 12.2 Å². The van der Waals surface area contributed by atoms with Crippen molar-refractivity contribution in [3.63, 3.8) is 0 Å². The van der Waals surface area contributed by atoms with Crippen molar-refractivity contribution < 1.29 is 13.9 Å². The minimum atomic E-state index is -0.398. The van der Waals surface area contributed by atoms with Gasteiger partial charge in [-0.25, -0.2) is 0 Å². The maximum atomic E-state index is 11.8. The molecule has 2 aromatic carbocycles. The van der Waals surface area contributed by atoms with E-state index >= 15 is 0 Å². The van der Waals surface area contributed by atoms with Gasteiger partial charge < -0.3 is 14.5 Å². The van der Waals surface area contributed by atoms with Gasteiger partial charge in [-0.15, -0.1) is 0 Å². The molecule has 0 bridgehead atoms. The maximum absolute atomic E-state index is 11.8. The van der Waals surface area contributed by atoms with Gasteiger partial charge in [-0.2, -0.15) is 0 Å². The summed E-state index contributed by atoms with van der Waals surface area (Å²) >= 11 is 5.12. The van der Waals surface area contributed by atoms with E-state index in [0.29, 0.717) is 6.61 Å². The van der Waals surface area contributed by atoms with Gasteiger partial charge in [0.1, 0.15) is 12.4 Å². The fourth-order valence-corrected chi connectivity index (χ4v) is 2.32. The Morgan fingerprint density at radius 2 is 1.76 bits per heavy atom. The lowest BCUT2D eigenvalue weighted by molar-refractivity contribution is 0.0950. The average Bonchev–Trinajstić information content (AvgIpc) is 3.17. The molecular weight excluding hydrogens is 336 g/mol. The van der Waals surface area contributed by atoms with Crippen molar-refractivity contribution in [2.24, 2.45) is 0 Å². The Morgan fingerprint density at radius 3 is 2.44 bits per heavy atom. The topological polar surface area (TPSA) is 63.5 Å². The molecule has 0 aliphatic carbocycles. The number of nitrogens with one attached hydrogen (secondary N) is 2. The van der Waals surface area contributed by atoms with Gasteiger partial charge in [0.15, 0.2) is 10.9 Å². The van der Waals surface area contributed by atoms with E-state index in [1.807, 2.05) is 54.6 Å². The second kappa shape index (κ2) is 8.12. The van der Waals surface area contributed by atoms with Crippen molar-refractivity contribution >= 4 is 28.9 Å². The van der Waals surface area contributed by atoms with E-state index in [0.717, 1.165) is 17.0 Å². The second-order valence-corrected chi connectivity index (χ2v) is 5.59. The third kappa shape index (κ3) is 4.92. The Balaban J connectivity index is 1.50. The summed E-state index contributed by atoms with van der Waals surface area (Å²) < 4.78 is 10.7. The van der Waals surface area contributed by atoms with Gasteiger partial charge in [-0.1, -0.05) is 30.3 Å². The van der Waals surface area contributed by atoms with Gasteiger partial charge in [-0.05, 0) is 54.2 Å². The molecule has 1 heterocycles. The minimum Gasteiger partial charge on any atom is -0.489 e. The number of hydrogen-bond acceptors (Lipinski definition) is 4. The Bertz CT molecular complexity index is 831. The van der Waals surface area contributed by atoms with Gasteiger partial charge in [0.2, 0.25) is 0 Å². The van der Waals surface area contributed by atoms with Gasteiger partial charge >= 0.3 is 0 Å². The summed E-state index contributed by atoms with van der Waals surface area (Å²) in [6.07, 6.45) is 1.43. The highest BCUT2D eigenvalue weighted by Crippen LogP contribution is 2.17. The highest BCUT2D eigenvalue weighted by Gasteiger charge is 2.10. The van der Waals surface area contributed by atoms with Crippen LogP contribution < -0.4 is 15.4 Å². The quantitative estimate of drug-likeness (QED) is 0.680. The summed E-state index contributed by atoms with van der Waals surface area (Å²) in [7, 11) is 0. The standard InChI is InChI=1S/C19H16N2O3S/c22-18(17-7-4-12-23-17)21-19(25)20-15-8-10-16(11-9-15)24-13-14-5-2-1-3-6-14/h1-12H,13H2,(H2,20,21,22,25). The van der Waals surface area contributed by atoms with Crippen LogP contribution in [0, 0.1) is 0 Å². The molecule has 0 spiro atoms. The van der Waals surface area contributed by atoms with E-state index < -0.39 is 5.91 Å². The SMILES string of the molecule is O=C(NC(=S)Nc1ccc(OCc2ccccc2)cc1)c1ccco1. The molecule has 0 saturated carbocycles. The van der Waals surface area contributed by atoms with E-state index in [2.05, 4.69) is 10.6 Å². The number of hydrogen-bond donors (Lipinski definition) is 2. The summed E-state index contributed by atoms with van der Waals surface area (Å²) in [5.41, 5.74) is 1.85. The lowest BCUT2D eigenvalue weighted by Gasteiger charge is -2.10. The first kappa shape index (κ1) is 16.7. The van der Waals surface area contributed by atoms with Gasteiger partial charge in [-0.3, -0.25) is 10.1 Å². The van der Waals surface area contributed by atoms with Crippen LogP contribution in [0.1, 0.15) is 16.1 Å². The third-order valence-electron chi connectivity index (χ3n) is 3.33. The molecule has 0 unspecified atom stereocenters. The van der Waals surface area contributed by atoms with Crippen molar-refractivity contribution in [2.75, 3.05) is 5.32 Å². The Morgan fingerprint density at radius 1 is 1.00 bits per heavy atom. The minimum absolute atomic E-state index is 0.194.